The van der Waals surface area contributed by atoms with Crippen LogP contribution in [0.3, 0.4) is 0 Å². The van der Waals surface area contributed by atoms with Crippen LogP contribution < -0.4 is 0 Å². The molecular formula is C12H18O2. The summed E-state index contributed by atoms with van der Waals surface area (Å²) >= 11 is 0. The largest absolute Gasteiger partial charge is 0.500 e. The first-order chi connectivity index (χ1) is 6.43. The Morgan fingerprint density at radius 2 is 2.07 bits per heavy atom. The van der Waals surface area contributed by atoms with Crippen LogP contribution in [0.1, 0.15) is 33.6 Å². The molecule has 0 heterocycles. The predicted octanol–water partition coefficient (Wildman–Crippen LogP) is 2.54. The Morgan fingerprint density at radius 1 is 1.43 bits per heavy atom. The molecule has 2 nitrogen and oxygen atoms in total. The maximum atomic E-state index is 11.8. The van der Waals surface area contributed by atoms with E-state index in [-0.39, 0.29) is 22.5 Å². The Hall–Kier alpha value is -0.790. The molecule has 78 valence electrons. The SMILES string of the molecule is COC1=CC(=O)[C@H]2CC[C@@]1(C)C2(C)C. The smallest absolute Gasteiger partial charge is 0.162 e. The Kier molecular flexibility index (Phi) is 1.82. The maximum absolute atomic E-state index is 11.8. The van der Waals surface area contributed by atoms with Crippen LogP contribution >= 0.6 is 0 Å². The summed E-state index contributed by atoms with van der Waals surface area (Å²) in [4.78, 5) is 11.8. The Bertz CT molecular complexity index is 314. The van der Waals surface area contributed by atoms with Crippen molar-refractivity contribution in [3.8, 4) is 0 Å². The van der Waals surface area contributed by atoms with Crippen molar-refractivity contribution in [1.29, 1.82) is 0 Å². The summed E-state index contributed by atoms with van der Waals surface area (Å²) < 4.78 is 5.37. The molecular weight excluding hydrogens is 176 g/mol. The summed E-state index contributed by atoms with van der Waals surface area (Å²) in [5.74, 6) is 1.33. The fourth-order valence-corrected chi connectivity index (χ4v) is 3.11. The summed E-state index contributed by atoms with van der Waals surface area (Å²) in [6, 6.07) is 0. The lowest BCUT2D eigenvalue weighted by Crippen LogP contribution is -2.42. The molecule has 2 heteroatoms. The van der Waals surface area contributed by atoms with E-state index in [1.807, 2.05) is 0 Å². The third-order valence-corrected chi connectivity index (χ3v) is 4.61. The fraction of sp³-hybridized carbons (Fsp3) is 0.750. The first-order valence-electron chi connectivity index (χ1n) is 5.23. The van der Waals surface area contributed by atoms with E-state index >= 15 is 0 Å². The second-order valence-corrected chi connectivity index (χ2v) is 5.26. The minimum absolute atomic E-state index is 0.0458. The Labute approximate surface area is 85.3 Å². The van der Waals surface area contributed by atoms with Gasteiger partial charge in [0.25, 0.3) is 0 Å². The van der Waals surface area contributed by atoms with Crippen molar-refractivity contribution >= 4 is 5.78 Å². The van der Waals surface area contributed by atoms with Gasteiger partial charge in [0, 0.05) is 17.4 Å². The van der Waals surface area contributed by atoms with Crippen LogP contribution in [0.25, 0.3) is 0 Å². The van der Waals surface area contributed by atoms with Crippen LogP contribution in [-0.4, -0.2) is 12.9 Å². The molecule has 1 fully saturated rings. The number of allylic oxidation sites excluding steroid dienone is 2. The Morgan fingerprint density at radius 3 is 2.64 bits per heavy atom. The molecule has 0 radical (unpaired) electrons. The molecule has 0 aromatic heterocycles. The van der Waals surface area contributed by atoms with Crippen molar-refractivity contribution in [2.24, 2.45) is 16.7 Å². The molecule has 2 rings (SSSR count). The van der Waals surface area contributed by atoms with Crippen molar-refractivity contribution in [3.63, 3.8) is 0 Å². The number of hydrogen-bond acceptors (Lipinski definition) is 2. The van der Waals surface area contributed by atoms with E-state index in [0.29, 0.717) is 0 Å². The van der Waals surface area contributed by atoms with E-state index in [1.165, 1.54) is 0 Å². The summed E-state index contributed by atoms with van der Waals surface area (Å²) in [6.07, 6.45) is 3.78. The molecule has 0 aromatic carbocycles. The zero-order chi connectivity index (χ0) is 10.6. The van der Waals surface area contributed by atoms with Gasteiger partial charge in [-0.2, -0.15) is 0 Å². The number of hydrogen-bond donors (Lipinski definition) is 0. The maximum Gasteiger partial charge on any atom is 0.162 e. The number of fused-ring (bicyclic) bond motifs is 2. The summed E-state index contributed by atoms with van der Waals surface area (Å²) in [5, 5.41) is 0. The number of rotatable bonds is 1. The summed E-state index contributed by atoms with van der Waals surface area (Å²) in [5.41, 5.74) is 0.102. The van der Waals surface area contributed by atoms with Gasteiger partial charge in [0.2, 0.25) is 0 Å². The number of carbonyl (C=O) groups is 1. The van der Waals surface area contributed by atoms with Crippen LogP contribution in [0.4, 0.5) is 0 Å². The van der Waals surface area contributed by atoms with E-state index in [2.05, 4.69) is 20.8 Å². The second-order valence-electron chi connectivity index (χ2n) is 5.26. The lowest BCUT2D eigenvalue weighted by atomic mass is 9.61. The topological polar surface area (TPSA) is 26.3 Å². The minimum atomic E-state index is 0.0458. The van der Waals surface area contributed by atoms with Crippen LogP contribution in [0, 0.1) is 16.7 Å². The van der Waals surface area contributed by atoms with Crippen LogP contribution in [0.15, 0.2) is 11.8 Å². The van der Waals surface area contributed by atoms with Gasteiger partial charge in [-0.1, -0.05) is 20.8 Å². The van der Waals surface area contributed by atoms with Gasteiger partial charge in [-0.25, -0.2) is 0 Å². The normalized spacial score (nSPS) is 39.6. The number of ketones is 1. The highest BCUT2D eigenvalue weighted by Gasteiger charge is 2.58. The molecule has 0 spiro atoms. The average Bonchev–Trinajstić information content (AvgIpc) is 2.28. The Balaban J connectivity index is 2.55. The van der Waals surface area contributed by atoms with E-state index in [1.54, 1.807) is 13.2 Å². The van der Waals surface area contributed by atoms with Gasteiger partial charge in [0.05, 0.1) is 7.11 Å². The molecule has 2 bridgehead atoms. The van der Waals surface area contributed by atoms with E-state index in [9.17, 15) is 4.79 Å². The molecule has 0 amide bonds. The van der Waals surface area contributed by atoms with Crippen molar-refractivity contribution < 1.29 is 9.53 Å². The fourth-order valence-electron chi connectivity index (χ4n) is 3.11. The van der Waals surface area contributed by atoms with Crippen molar-refractivity contribution in [2.75, 3.05) is 7.11 Å². The summed E-state index contributed by atoms with van der Waals surface area (Å²) in [6.45, 7) is 6.60. The predicted molar refractivity (Wildman–Crippen MR) is 54.7 cm³/mol. The lowest BCUT2D eigenvalue weighted by Gasteiger charge is -2.44. The molecule has 1 saturated carbocycles. The lowest BCUT2D eigenvalue weighted by molar-refractivity contribution is -0.124. The standard InChI is InChI=1S/C12H18O2/c1-11(2)8-5-6-12(11,3)10(14-4)7-9(8)13/h7-8H,5-6H2,1-4H3/t8-,12-/m1/s1. The minimum Gasteiger partial charge on any atom is -0.500 e. The molecule has 2 aliphatic rings. The highest BCUT2D eigenvalue weighted by atomic mass is 16.5. The van der Waals surface area contributed by atoms with Gasteiger partial charge in [0.1, 0.15) is 5.76 Å². The number of methoxy groups -OCH3 is 1. The second kappa shape index (κ2) is 2.62. The highest BCUT2D eigenvalue weighted by molar-refractivity contribution is 5.94. The zero-order valence-corrected chi connectivity index (χ0v) is 9.39. The van der Waals surface area contributed by atoms with Crippen molar-refractivity contribution in [3.05, 3.63) is 11.8 Å². The van der Waals surface area contributed by atoms with Gasteiger partial charge in [-0.3, -0.25) is 4.79 Å². The van der Waals surface area contributed by atoms with E-state index in [4.69, 9.17) is 4.74 Å². The molecule has 14 heavy (non-hydrogen) atoms. The monoisotopic (exact) mass is 194 g/mol. The van der Waals surface area contributed by atoms with Gasteiger partial charge in [-0.15, -0.1) is 0 Å². The van der Waals surface area contributed by atoms with Crippen molar-refractivity contribution in [1.82, 2.24) is 0 Å². The molecule has 0 N–H and O–H groups in total. The molecule has 0 saturated heterocycles. The molecule has 0 unspecified atom stereocenters. The van der Waals surface area contributed by atoms with Gasteiger partial charge in [0.15, 0.2) is 5.78 Å². The van der Waals surface area contributed by atoms with Crippen LogP contribution in [0.2, 0.25) is 0 Å². The third kappa shape index (κ3) is 0.891. The highest BCUT2D eigenvalue weighted by Crippen LogP contribution is 2.62. The molecule has 0 aliphatic heterocycles. The van der Waals surface area contributed by atoms with Crippen LogP contribution in [0.5, 0.6) is 0 Å². The quantitative estimate of drug-likeness (QED) is 0.641. The first kappa shape index (κ1) is 9.75. The van der Waals surface area contributed by atoms with Gasteiger partial charge < -0.3 is 4.74 Å². The molecule has 2 aliphatic carbocycles. The third-order valence-electron chi connectivity index (χ3n) is 4.61. The average molecular weight is 194 g/mol. The van der Waals surface area contributed by atoms with E-state index < -0.39 is 0 Å². The van der Waals surface area contributed by atoms with Gasteiger partial charge in [-0.05, 0) is 18.3 Å². The van der Waals surface area contributed by atoms with E-state index in [0.717, 1.165) is 18.6 Å². The number of ether oxygens (including phenoxy) is 1. The molecule has 0 aromatic rings. The van der Waals surface area contributed by atoms with Gasteiger partial charge >= 0.3 is 0 Å². The number of carbonyl (C=O) groups excluding carboxylic acids is 1. The summed E-state index contributed by atoms with van der Waals surface area (Å²) in [7, 11) is 1.67. The van der Waals surface area contributed by atoms with Crippen molar-refractivity contribution in [2.45, 2.75) is 33.6 Å². The zero-order valence-electron chi connectivity index (χ0n) is 9.39. The van der Waals surface area contributed by atoms with Crippen LogP contribution in [-0.2, 0) is 9.53 Å². The first-order valence-corrected chi connectivity index (χ1v) is 5.23. The molecule has 2 atom stereocenters.